The molecule has 0 fully saturated rings. The molecule has 1 atom stereocenters. The Kier molecular flexibility index (Phi) is 4.43. The number of thiophene rings is 1. The maximum atomic E-state index is 9.92. The van der Waals surface area contributed by atoms with Gasteiger partial charge in [0.1, 0.15) is 5.75 Å². The van der Waals surface area contributed by atoms with Crippen molar-refractivity contribution in [3.05, 3.63) is 50.1 Å². The van der Waals surface area contributed by atoms with Crippen LogP contribution >= 0.6 is 27.3 Å². The molecule has 0 saturated heterocycles. The van der Waals surface area contributed by atoms with Crippen molar-refractivity contribution in [2.24, 2.45) is 0 Å². The highest BCUT2D eigenvalue weighted by Crippen LogP contribution is 2.26. The Bertz CT molecular complexity index is 538. The van der Waals surface area contributed by atoms with E-state index in [2.05, 4.69) is 39.6 Å². The van der Waals surface area contributed by atoms with Crippen LogP contribution in [0, 0.1) is 6.92 Å². The zero-order chi connectivity index (χ0) is 13.1. The summed E-state index contributed by atoms with van der Waals surface area (Å²) in [4.78, 5) is 1.28. The van der Waals surface area contributed by atoms with Crippen LogP contribution in [0.4, 0.5) is 0 Å². The standard InChI is InChI=1S/C14H16BrNOS/c1-9-3-4-13(14(17)5-9)10(2)16-7-12-6-11(15)8-18-12/h3-6,8,10,16-17H,7H2,1-2H3. The molecule has 2 rings (SSSR count). The van der Waals surface area contributed by atoms with E-state index in [1.165, 1.54) is 4.88 Å². The first kappa shape index (κ1) is 13.6. The first-order valence-corrected chi connectivity index (χ1v) is 7.49. The van der Waals surface area contributed by atoms with Gasteiger partial charge in [-0.3, -0.25) is 0 Å². The molecule has 0 aliphatic carbocycles. The van der Waals surface area contributed by atoms with Crippen LogP contribution in [0.1, 0.15) is 29.0 Å². The molecule has 2 aromatic rings. The van der Waals surface area contributed by atoms with E-state index in [1.807, 2.05) is 19.1 Å². The highest BCUT2D eigenvalue weighted by Gasteiger charge is 2.10. The van der Waals surface area contributed by atoms with Crippen LogP contribution in [-0.4, -0.2) is 5.11 Å². The normalized spacial score (nSPS) is 12.6. The molecule has 2 N–H and O–H groups in total. The smallest absolute Gasteiger partial charge is 0.120 e. The molecule has 1 unspecified atom stereocenters. The van der Waals surface area contributed by atoms with Gasteiger partial charge in [0, 0.05) is 32.9 Å². The van der Waals surface area contributed by atoms with Crippen LogP contribution in [0.5, 0.6) is 5.75 Å². The highest BCUT2D eigenvalue weighted by atomic mass is 79.9. The topological polar surface area (TPSA) is 32.3 Å². The van der Waals surface area contributed by atoms with Crippen molar-refractivity contribution in [3.63, 3.8) is 0 Å². The number of nitrogens with one attached hydrogen (secondary N) is 1. The van der Waals surface area contributed by atoms with Crippen molar-refractivity contribution in [3.8, 4) is 5.75 Å². The van der Waals surface area contributed by atoms with Crippen molar-refractivity contribution in [1.82, 2.24) is 5.32 Å². The third-order valence-corrected chi connectivity index (χ3v) is 4.55. The fraction of sp³-hybridized carbons (Fsp3) is 0.286. The molecule has 0 bridgehead atoms. The van der Waals surface area contributed by atoms with Crippen LogP contribution in [0.2, 0.25) is 0 Å². The van der Waals surface area contributed by atoms with E-state index < -0.39 is 0 Å². The van der Waals surface area contributed by atoms with Crippen molar-refractivity contribution in [2.45, 2.75) is 26.4 Å². The lowest BCUT2D eigenvalue weighted by atomic mass is 10.1. The number of hydrogen-bond acceptors (Lipinski definition) is 3. The second kappa shape index (κ2) is 5.87. The van der Waals surface area contributed by atoms with Gasteiger partial charge in [0.05, 0.1) is 0 Å². The van der Waals surface area contributed by atoms with Gasteiger partial charge in [-0.15, -0.1) is 11.3 Å². The molecule has 2 nitrogen and oxygen atoms in total. The molecule has 0 aliphatic rings. The number of hydrogen-bond donors (Lipinski definition) is 2. The third-order valence-electron chi connectivity index (χ3n) is 2.86. The van der Waals surface area contributed by atoms with Crippen molar-refractivity contribution >= 4 is 27.3 Å². The molecular formula is C14H16BrNOS. The zero-order valence-electron chi connectivity index (χ0n) is 10.4. The summed E-state index contributed by atoms with van der Waals surface area (Å²) in [5.41, 5.74) is 2.02. The predicted octanol–water partition coefficient (Wildman–Crippen LogP) is 4.38. The fourth-order valence-corrected chi connectivity index (χ4v) is 3.23. The minimum Gasteiger partial charge on any atom is -0.508 e. The van der Waals surface area contributed by atoms with Crippen molar-refractivity contribution in [2.75, 3.05) is 0 Å². The second-order valence-corrected chi connectivity index (χ2v) is 6.31. The van der Waals surface area contributed by atoms with Gasteiger partial charge in [-0.2, -0.15) is 0 Å². The van der Waals surface area contributed by atoms with E-state index in [0.29, 0.717) is 5.75 Å². The molecule has 4 heteroatoms. The molecule has 0 aliphatic heterocycles. The summed E-state index contributed by atoms with van der Waals surface area (Å²) in [6.45, 7) is 4.85. The lowest BCUT2D eigenvalue weighted by Gasteiger charge is -2.15. The predicted molar refractivity (Wildman–Crippen MR) is 80.1 cm³/mol. The van der Waals surface area contributed by atoms with E-state index in [4.69, 9.17) is 0 Å². The van der Waals surface area contributed by atoms with Gasteiger partial charge in [-0.25, -0.2) is 0 Å². The lowest BCUT2D eigenvalue weighted by molar-refractivity contribution is 0.452. The number of rotatable bonds is 4. The van der Waals surface area contributed by atoms with Gasteiger partial charge in [0.2, 0.25) is 0 Å². The van der Waals surface area contributed by atoms with Crippen LogP contribution in [0.25, 0.3) is 0 Å². The summed E-state index contributed by atoms with van der Waals surface area (Å²) in [5, 5.41) is 15.4. The monoisotopic (exact) mass is 325 g/mol. The molecular weight excluding hydrogens is 310 g/mol. The Labute approximate surface area is 120 Å². The van der Waals surface area contributed by atoms with Crippen molar-refractivity contribution in [1.29, 1.82) is 0 Å². The quantitative estimate of drug-likeness (QED) is 0.874. The molecule has 0 radical (unpaired) electrons. The van der Waals surface area contributed by atoms with Crippen LogP contribution in [0.15, 0.2) is 34.1 Å². The fourth-order valence-electron chi connectivity index (χ4n) is 1.83. The number of aryl methyl sites for hydroxylation is 1. The van der Waals surface area contributed by atoms with Gasteiger partial charge >= 0.3 is 0 Å². The Morgan fingerprint density at radius 2 is 2.17 bits per heavy atom. The SMILES string of the molecule is Cc1ccc(C(C)NCc2cc(Br)cs2)c(O)c1. The summed E-state index contributed by atoms with van der Waals surface area (Å²) >= 11 is 5.17. The van der Waals surface area contributed by atoms with Gasteiger partial charge in [-0.1, -0.05) is 12.1 Å². The van der Waals surface area contributed by atoms with E-state index >= 15 is 0 Å². The molecule has 18 heavy (non-hydrogen) atoms. The molecule has 1 aromatic carbocycles. The van der Waals surface area contributed by atoms with Crippen LogP contribution < -0.4 is 5.32 Å². The maximum Gasteiger partial charge on any atom is 0.120 e. The number of aromatic hydroxyl groups is 1. The number of phenols is 1. The molecule has 0 saturated carbocycles. The van der Waals surface area contributed by atoms with Gasteiger partial charge in [0.15, 0.2) is 0 Å². The largest absolute Gasteiger partial charge is 0.508 e. The summed E-state index contributed by atoms with van der Waals surface area (Å²) in [7, 11) is 0. The van der Waals surface area contributed by atoms with Crippen LogP contribution in [-0.2, 0) is 6.54 Å². The Morgan fingerprint density at radius 3 is 2.78 bits per heavy atom. The number of benzene rings is 1. The molecule has 1 heterocycles. The molecule has 0 spiro atoms. The third kappa shape index (κ3) is 3.34. The minimum absolute atomic E-state index is 0.131. The highest BCUT2D eigenvalue weighted by molar-refractivity contribution is 9.10. The average Bonchev–Trinajstić information content (AvgIpc) is 2.72. The minimum atomic E-state index is 0.131. The maximum absolute atomic E-state index is 9.92. The summed E-state index contributed by atoms with van der Waals surface area (Å²) in [5.74, 6) is 0.363. The van der Waals surface area contributed by atoms with Gasteiger partial charge < -0.3 is 10.4 Å². The Morgan fingerprint density at radius 1 is 1.39 bits per heavy atom. The molecule has 1 aromatic heterocycles. The summed E-state index contributed by atoms with van der Waals surface area (Å²) in [6.07, 6.45) is 0. The molecule has 0 amide bonds. The Hall–Kier alpha value is -0.840. The van der Waals surface area contributed by atoms with Gasteiger partial charge in [0.25, 0.3) is 0 Å². The first-order chi connectivity index (χ1) is 8.56. The second-order valence-electron chi connectivity index (χ2n) is 4.40. The number of halogens is 1. The van der Waals surface area contributed by atoms with E-state index in [1.54, 1.807) is 17.4 Å². The van der Waals surface area contributed by atoms with Crippen LogP contribution in [0.3, 0.4) is 0 Å². The van der Waals surface area contributed by atoms with E-state index in [-0.39, 0.29) is 6.04 Å². The van der Waals surface area contributed by atoms with E-state index in [9.17, 15) is 5.11 Å². The Balaban J connectivity index is 2.01. The van der Waals surface area contributed by atoms with E-state index in [0.717, 1.165) is 22.1 Å². The summed E-state index contributed by atoms with van der Waals surface area (Å²) in [6, 6.07) is 8.04. The number of phenolic OH excluding ortho intramolecular Hbond substituents is 1. The molecule has 96 valence electrons. The summed E-state index contributed by atoms with van der Waals surface area (Å²) < 4.78 is 1.12. The first-order valence-electron chi connectivity index (χ1n) is 5.82. The van der Waals surface area contributed by atoms with Crippen molar-refractivity contribution < 1.29 is 5.11 Å². The average molecular weight is 326 g/mol. The lowest BCUT2D eigenvalue weighted by Crippen LogP contribution is -2.17. The van der Waals surface area contributed by atoms with Gasteiger partial charge in [-0.05, 0) is 47.5 Å². The zero-order valence-corrected chi connectivity index (χ0v) is 12.8.